The van der Waals surface area contributed by atoms with Crippen LogP contribution in [0.25, 0.3) is 0 Å². The fourth-order valence-electron chi connectivity index (χ4n) is 2.04. The summed E-state index contributed by atoms with van der Waals surface area (Å²) in [6, 6.07) is -3.05. The Morgan fingerprint density at radius 3 is 2.16 bits per heavy atom. The zero-order valence-electron chi connectivity index (χ0n) is 14.5. The van der Waals surface area contributed by atoms with Gasteiger partial charge in [-0.1, -0.05) is 19.9 Å². The van der Waals surface area contributed by atoms with E-state index in [1.54, 1.807) is 13.8 Å². The molecule has 0 aliphatic carbocycles. The number of carboxylic acid groups (broad SMARTS) is 2. The van der Waals surface area contributed by atoms with Crippen molar-refractivity contribution in [3.8, 4) is 0 Å². The minimum atomic E-state index is -1.16. The second kappa shape index (κ2) is 11.2. The number of rotatable bonds is 12. The van der Waals surface area contributed by atoms with Gasteiger partial charge in [0.05, 0.1) is 0 Å². The number of nitrogens with one attached hydrogen (secondary N) is 2. The van der Waals surface area contributed by atoms with Crippen LogP contribution in [0.5, 0.6) is 0 Å². The third-order valence-corrected chi connectivity index (χ3v) is 3.52. The number of hydrogen-bond acceptors (Lipinski definition) is 5. The molecule has 0 saturated heterocycles. The van der Waals surface area contributed by atoms with Crippen molar-refractivity contribution in [3.63, 3.8) is 0 Å². The number of nitrogens with two attached hydrogens (primary N) is 1. The highest BCUT2D eigenvalue weighted by molar-refractivity contribution is 5.90. The van der Waals surface area contributed by atoms with Crippen LogP contribution in [0.4, 0.5) is 0 Å². The summed E-state index contributed by atoms with van der Waals surface area (Å²) in [5.74, 6) is -3.68. The van der Waals surface area contributed by atoms with Crippen LogP contribution in [0.1, 0.15) is 39.5 Å². The molecule has 0 aromatic rings. The number of amides is 2. The van der Waals surface area contributed by atoms with E-state index >= 15 is 0 Å². The fourth-order valence-corrected chi connectivity index (χ4v) is 2.04. The average molecular weight is 357 g/mol. The number of aliphatic carboxylic acids is 2. The Bertz CT molecular complexity index is 506. The summed E-state index contributed by atoms with van der Waals surface area (Å²) in [5, 5.41) is 22.7. The lowest BCUT2D eigenvalue weighted by Crippen LogP contribution is -2.53. The average Bonchev–Trinajstić information content (AvgIpc) is 2.50. The molecule has 0 rings (SSSR count). The van der Waals surface area contributed by atoms with Gasteiger partial charge in [-0.15, -0.1) is 6.58 Å². The first-order valence-corrected chi connectivity index (χ1v) is 8.01. The maximum atomic E-state index is 12.2. The lowest BCUT2D eigenvalue weighted by molar-refractivity contribution is -0.143. The molecule has 2 amide bonds. The van der Waals surface area contributed by atoms with Crippen molar-refractivity contribution >= 4 is 23.8 Å². The van der Waals surface area contributed by atoms with Gasteiger partial charge in [0.2, 0.25) is 11.8 Å². The van der Waals surface area contributed by atoms with Crippen molar-refractivity contribution < 1.29 is 29.4 Å². The molecule has 0 aromatic heterocycles. The van der Waals surface area contributed by atoms with Gasteiger partial charge >= 0.3 is 11.9 Å². The molecule has 9 heteroatoms. The predicted molar refractivity (Wildman–Crippen MR) is 90.6 cm³/mol. The smallest absolute Gasteiger partial charge is 0.326 e. The highest BCUT2D eigenvalue weighted by Crippen LogP contribution is 2.05. The van der Waals surface area contributed by atoms with E-state index in [0.29, 0.717) is 0 Å². The molecule has 0 aliphatic heterocycles. The van der Waals surface area contributed by atoms with Crippen molar-refractivity contribution in [1.82, 2.24) is 10.6 Å². The van der Waals surface area contributed by atoms with Crippen molar-refractivity contribution in [2.45, 2.75) is 57.7 Å². The third kappa shape index (κ3) is 8.85. The Morgan fingerprint density at radius 2 is 1.72 bits per heavy atom. The summed E-state index contributed by atoms with van der Waals surface area (Å²) in [4.78, 5) is 45.9. The van der Waals surface area contributed by atoms with Crippen LogP contribution in [0, 0.1) is 5.92 Å². The molecule has 0 radical (unpaired) electrons. The van der Waals surface area contributed by atoms with Gasteiger partial charge in [-0.25, -0.2) is 4.79 Å². The van der Waals surface area contributed by atoms with E-state index in [0.717, 1.165) is 0 Å². The molecule has 9 nitrogen and oxygen atoms in total. The van der Waals surface area contributed by atoms with E-state index < -0.39 is 41.9 Å². The SMILES string of the molecule is C=CC[C@H](NC(=O)CCC[C@H](N)C(=O)O)C(=O)N[C@@H](C(=O)O)C(C)C. The van der Waals surface area contributed by atoms with Crippen molar-refractivity contribution in [2.75, 3.05) is 0 Å². The second-order valence-corrected chi connectivity index (χ2v) is 6.05. The number of carbonyl (C=O) groups is 4. The van der Waals surface area contributed by atoms with Crippen LogP contribution in [0.15, 0.2) is 12.7 Å². The standard InChI is InChI=1S/C16H27N3O6/c1-4-6-11(14(21)19-13(9(2)3)16(24)25)18-12(20)8-5-7-10(17)15(22)23/h4,9-11,13H,1,5-8,17H2,2-3H3,(H,18,20)(H,19,21)(H,22,23)(H,24,25)/t10-,11-,13+/m0/s1. The highest BCUT2D eigenvalue weighted by atomic mass is 16.4. The van der Waals surface area contributed by atoms with Crippen LogP contribution in [-0.2, 0) is 19.2 Å². The molecule has 0 aliphatic rings. The first kappa shape index (κ1) is 22.6. The molecule has 0 saturated carbocycles. The number of hydrogen-bond donors (Lipinski definition) is 5. The van der Waals surface area contributed by atoms with E-state index in [-0.39, 0.29) is 31.6 Å². The number of carboxylic acids is 2. The molecule has 0 aromatic carbocycles. The van der Waals surface area contributed by atoms with Crippen LogP contribution >= 0.6 is 0 Å². The van der Waals surface area contributed by atoms with Gasteiger partial charge in [-0.3, -0.25) is 14.4 Å². The Hall–Kier alpha value is -2.42. The fraction of sp³-hybridized carbons (Fsp3) is 0.625. The van der Waals surface area contributed by atoms with E-state index in [2.05, 4.69) is 17.2 Å². The van der Waals surface area contributed by atoms with Crippen molar-refractivity contribution in [1.29, 1.82) is 0 Å². The van der Waals surface area contributed by atoms with E-state index in [1.807, 2.05) is 0 Å². The molecule has 0 spiro atoms. The van der Waals surface area contributed by atoms with Crippen LogP contribution in [0.2, 0.25) is 0 Å². The van der Waals surface area contributed by atoms with Crippen LogP contribution < -0.4 is 16.4 Å². The minimum absolute atomic E-state index is 0.00838. The zero-order valence-corrected chi connectivity index (χ0v) is 14.5. The summed E-state index contributed by atoms with van der Waals surface area (Å²) in [6.07, 6.45) is 1.97. The largest absolute Gasteiger partial charge is 0.480 e. The molecule has 3 atom stereocenters. The minimum Gasteiger partial charge on any atom is -0.480 e. The van der Waals surface area contributed by atoms with Crippen molar-refractivity contribution in [2.24, 2.45) is 11.7 Å². The normalized spacial score (nSPS) is 14.2. The van der Waals surface area contributed by atoms with Gasteiger partial charge in [-0.05, 0) is 25.2 Å². The summed E-state index contributed by atoms with van der Waals surface area (Å²) >= 11 is 0. The molecule has 0 bridgehead atoms. The quantitative estimate of drug-likeness (QED) is 0.304. The molecular formula is C16H27N3O6. The van der Waals surface area contributed by atoms with Gasteiger partial charge < -0.3 is 26.6 Å². The maximum Gasteiger partial charge on any atom is 0.326 e. The monoisotopic (exact) mass is 357 g/mol. The first-order chi connectivity index (χ1) is 11.6. The van der Waals surface area contributed by atoms with E-state index in [1.165, 1.54) is 6.08 Å². The lowest BCUT2D eigenvalue weighted by atomic mass is 10.0. The summed E-state index contributed by atoms with van der Waals surface area (Å²) in [7, 11) is 0. The van der Waals surface area contributed by atoms with Gasteiger partial charge in [0.15, 0.2) is 0 Å². The number of carbonyl (C=O) groups excluding carboxylic acids is 2. The van der Waals surface area contributed by atoms with Crippen LogP contribution in [-0.4, -0.2) is 52.1 Å². The lowest BCUT2D eigenvalue weighted by Gasteiger charge is -2.22. The van der Waals surface area contributed by atoms with Gasteiger partial charge in [-0.2, -0.15) is 0 Å². The summed E-state index contributed by atoms with van der Waals surface area (Å²) in [5.41, 5.74) is 5.35. The first-order valence-electron chi connectivity index (χ1n) is 8.01. The molecule has 0 fully saturated rings. The molecule has 0 heterocycles. The molecule has 25 heavy (non-hydrogen) atoms. The van der Waals surface area contributed by atoms with Crippen LogP contribution in [0.3, 0.4) is 0 Å². The Labute approximate surface area is 146 Å². The van der Waals surface area contributed by atoms with Gasteiger partial charge in [0, 0.05) is 6.42 Å². The maximum absolute atomic E-state index is 12.2. The molecule has 0 unspecified atom stereocenters. The highest BCUT2D eigenvalue weighted by Gasteiger charge is 2.27. The summed E-state index contributed by atoms with van der Waals surface area (Å²) in [6.45, 7) is 6.83. The molecular weight excluding hydrogens is 330 g/mol. The van der Waals surface area contributed by atoms with E-state index in [4.69, 9.17) is 15.9 Å². The predicted octanol–water partition coefficient (Wildman–Crippen LogP) is -0.145. The van der Waals surface area contributed by atoms with E-state index in [9.17, 15) is 19.2 Å². The van der Waals surface area contributed by atoms with Crippen molar-refractivity contribution in [3.05, 3.63) is 12.7 Å². The van der Waals surface area contributed by atoms with Gasteiger partial charge in [0.1, 0.15) is 18.1 Å². The Morgan fingerprint density at radius 1 is 1.12 bits per heavy atom. The topological polar surface area (TPSA) is 159 Å². The summed E-state index contributed by atoms with van der Waals surface area (Å²) < 4.78 is 0. The zero-order chi connectivity index (χ0) is 19.6. The third-order valence-electron chi connectivity index (χ3n) is 3.52. The molecule has 142 valence electrons. The Balaban J connectivity index is 4.64. The van der Waals surface area contributed by atoms with Gasteiger partial charge in [0.25, 0.3) is 0 Å². The Kier molecular flexibility index (Phi) is 10.1. The molecule has 6 N–H and O–H groups in total. The second-order valence-electron chi connectivity index (χ2n) is 6.05.